The van der Waals surface area contributed by atoms with E-state index in [1.165, 1.54) is 32.2 Å². The van der Waals surface area contributed by atoms with Crippen LogP contribution in [0.25, 0.3) is 0 Å². The van der Waals surface area contributed by atoms with E-state index in [1.54, 1.807) is 0 Å². The number of nitrogens with zero attached hydrogens (tertiary/aromatic N) is 1. The third-order valence-corrected chi connectivity index (χ3v) is 5.00. The van der Waals surface area contributed by atoms with Gasteiger partial charge in [0.1, 0.15) is 0 Å². The average Bonchev–Trinajstić information content (AvgIpc) is 2.80. The quantitative estimate of drug-likeness (QED) is 0.858. The van der Waals surface area contributed by atoms with Crippen molar-refractivity contribution in [3.63, 3.8) is 0 Å². The summed E-state index contributed by atoms with van der Waals surface area (Å²) in [4.78, 5) is 2.65. The number of hydrogen-bond donors (Lipinski definition) is 1. The lowest BCUT2D eigenvalue weighted by Crippen LogP contribution is -2.46. The standard InChI is InChI=1S/C17H34N2O/c1-13-7-6-10-19(14(13)2)12-16-9-8-15(20-16)11-18-17(3,4)5/h13-16,18H,6-12H2,1-5H3. The van der Waals surface area contributed by atoms with Gasteiger partial charge in [-0.2, -0.15) is 0 Å². The van der Waals surface area contributed by atoms with E-state index in [-0.39, 0.29) is 5.54 Å². The third-order valence-electron chi connectivity index (χ3n) is 5.00. The normalized spacial score (nSPS) is 36.5. The lowest BCUT2D eigenvalue weighted by molar-refractivity contribution is -0.000133. The molecule has 3 heteroatoms. The fraction of sp³-hybridized carbons (Fsp3) is 1.00. The summed E-state index contributed by atoms with van der Waals surface area (Å²) >= 11 is 0. The van der Waals surface area contributed by atoms with E-state index >= 15 is 0 Å². The van der Waals surface area contributed by atoms with Gasteiger partial charge in [-0.1, -0.05) is 6.92 Å². The van der Waals surface area contributed by atoms with Crippen LogP contribution in [0.1, 0.15) is 60.3 Å². The van der Waals surface area contributed by atoms with E-state index in [9.17, 15) is 0 Å². The van der Waals surface area contributed by atoms with Crippen LogP contribution in [0.15, 0.2) is 0 Å². The van der Waals surface area contributed by atoms with Crippen LogP contribution in [0.3, 0.4) is 0 Å². The average molecular weight is 282 g/mol. The van der Waals surface area contributed by atoms with Crippen molar-refractivity contribution in [1.82, 2.24) is 10.2 Å². The van der Waals surface area contributed by atoms with Crippen molar-refractivity contribution < 1.29 is 4.74 Å². The molecular weight excluding hydrogens is 248 g/mol. The van der Waals surface area contributed by atoms with Crippen LogP contribution in [0.2, 0.25) is 0 Å². The molecule has 2 aliphatic heterocycles. The van der Waals surface area contributed by atoms with Crippen LogP contribution in [-0.4, -0.2) is 48.3 Å². The molecule has 2 saturated heterocycles. The molecule has 0 aliphatic carbocycles. The summed E-state index contributed by atoms with van der Waals surface area (Å²) in [5.41, 5.74) is 0.193. The van der Waals surface area contributed by atoms with Gasteiger partial charge < -0.3 is 10.1 Å². The molecule has 20 heavy (non-hydrogen) atoms. The van der Waals surface area contributed by atoms with Gasteiger partial charge in [0.25, 0.3) is 0 Å². The number of nitrogens with one attached hydrogen (secondary N) is 1. The first-order chi connectivity index (χ1) is 9.35. The minimum absolute atomic E-state index is 0.193. The molecule has 118 valence electrons. The minimum atomic E-state index is 0.193. The fourth-order valence-corrected chi connectivity index (χ4v) is 3.42. The van der Waals surface area contributed by atoms with Gasteiger partial charge in [-0.25, -0.2) is 0 Å². The van der Waals surface area contributed by atoms with Crippen molar-refractivity contribution in [1.29, 1.82) is 0 Å². The van der Waals surface area contributed by atoms with Crippen molar-refractivity contribution in [2.45, 2.75) is 84.1 Å². The van der Waals surface area contributed by atoms with E-state index in [0.717, 1.165) is 25.0 Å². The maximum atomic E-state index is 6.24. The SMILES string of the molecule is CC1CCCN(CC2CCC(CNC(C)(C)C)O2)C1C. The molecule has 1 N–H and O–H groups in total. The van der Waals surface area contributed by atoms with Crippen LogP contribution in [-0.2, 0) is 4.74 Å². The number of ether oxygens (including phenoxy) is 1. The van der Waals surface area contributed by atoms with Gasteiger partial charge in [0.05, 0.1) is 12.2 Å². The Hall–Kier alpha value is -0.120. The highest BCUT2D eigenvalue weighted by Gasteiger charge is 2.31. The first kappa shape index (κ1) is 16.3. The molecule has 2 aliphatic rings. The largest absolute Gasteiger partial charge is 0.372 e. The summed E-state index contributed by atoms with van der Waals surface area (Å²) in [5.74, 6) is 0.837. The van der Waals surface area contributed by atoms with Crippen LogP contribution < -0.4 is 5.32 Å². The summed E-state index contributed by atoms with van der Waals surface area (Å²) in [7, 11) is 0. The molecule has 0 amide bonds. The Labute approximate surface area is 125 Å². The monoisotopic (exact) mass is 282 g/mol. The third kappa shape index (κ3) is 4.71. The van der Waals surface area contributed by atoms with Crippen LogP contribution >= 0.6 is 0 Å². The predicted molar refractivity (Wildman–Crippen MR) is 85.1 cm³/mol. The van der Waals surface area contributed by atoms with Gasteiger partial charge in [0.2, 0.25) is 0 Å². The second kappa shape index (κ2) is 6.76. The first-order valence-corrected chi connectivity index (χ1v) is 8.49. The van der Waals surface area contributed by atoms with Crippen molar-refractivity contribution in [2.75, 3.05) is 19.6 Å². The van der Waals surface area contributed by atoms with E-state index in [4.69, 9.17) is 4.74 Å². The molecule has 0 aromatic rings. The first-order valence-electron chi connectivity index (χ1n) is 8.49. The van der Waals surface area contributed by atoms with Crippen molar-refractivity contribution >= 4 is 0 Å². The molecule has 0 aromatic carbocycles. The zero-order valence-electron chi connectivity index (χ0n) is 14.1. The molecule has 4 unspecified atom stereocenters. The minimum Gasteiger partial charge on any atom is -0.372 e. The number of hydrogen-bond acceptors (Lipinski definition) is 3. The van der Waals surface area contributed by atoms with E-state index in [0.29, 0.717) is 12.2 Å². The highest BCUT2D eigenvalue weighted by molar-refractivity contribution is 4.84. The molecular formula is C17H34N2O. The van der Waals surface area contributed by atoms with Gasteiger partial charge in [0.15, 0.2) is 0 Å². The van der Waals surface area contributed by atoms with E-state index < -0.39 is 0 Å². The Morgan fingerprint density at radius 2 is 1.80 bits per heavy atom. The number of likely N-dealkylation sites (tertiary alicyclic amines) is 1. The maximum absolute atomic E-state index is 6.24. The zero-order chi connectivity index (χ0) is 14.8. The van der Waals surface area contributed by atoms with Crippen LogP contribution in [0.5, 0.6) is 0 Å². The van der Waals surface area contributed by atoms with Crippen LogP contribution in [0.4, 0.5) is 0 Å². The summed E-state index contributed by atoms with van der Waals surface area (Å²) < 4.78 is 6.24. The lowest BCUT2D eigenvalue weighted by Gasteiger charge is -2.39. The Bertz CT molecular complexity index is 300. The van der Waals surface area contributed by atoms with Crippen LogP contribution in [0, 0.1) is 5.92 Å². The lowest BCUT2D eigenvalue weighted by atomic mass is 9.92. The number of piperidine rings is 1. The Balaban J connectivity index is 1.73. The second-order valence-electron chi connectivity index (χ2n) is 7.94. The van der Waals surface area contributed by atoms with Gasteiger partial charge in [-0.05, 0) is 65.8 Å². The van der Waals surface area contributed by atoms with E-state index in [2.05, 4.69) is 44.8 Å². The van der Waals surface area contributed by atoms with Gasteiger partial charge in [-0.15, -0.1) is 0 Å². The highest BCUT2D eigenvalue weighted by Crippen LogP contribution is 2.26. The molecule has 2 rings (SSSR count). The van der Waals surface area contributed by atoms with E-state index in [1.807, 2.05) is 0 Å². The topological polar surface area (TPSA) is 24.5 Å². The maximum Gasteiger partial charge on any atom is 0.0707 e. The molecule has 2 heterocycles. The van der Waals surface area contributed by atoms with Crippen molar-refractivity contribution in [2.24, 2.45) is 5.92 Å². The zero-order valence-corrected chi connectivity index (χ0v) is 14.1. The molecule has 2 fully saturated rings. The molecule has 3 nitrogen and oxygen atoms in total. The second-order valence-corrected chi connectivity index (χ2v) is 7.94. The molecule has 0 bridgehead atoms. The Kier molecular flexibility index (Phi) is 5.49. The fourth-order valence-electron chi connectivity index (χ4n) is 3.42. The molecule has 0 aromatic heterocycles. The molecule has 4 atom stereocenters. The highest BCUT2D eigenvalue weighted by atomic mass is 16.5. The summed E-state index contributed by atoms with van der Waals surface area (Å²) in [6.45, 7) is 14.8. The van der Waals surface area contributed by atoms with Crippen molar-refractivity contribution in [3.05, 3.63) is 0 Å². The smallest absolute Gasteiger partial charge is 0.0707 e. The molecule has 0 saturated carbocycles. The summed E-state index contributed by atoms with van der Waals surface area (Å²) in [5, 5.41) is 3.57. The Morgan fingerprint density at radius 3 is 2.50 bits per heavy atom. The van der Waals surface area contributed by atoms with Gasteiger partial charge in [0, 0.05) is 24.7 Å². The summed E-state index contributed by atoms with van der Waals surface area (Å²) in [6.07, 6.45) is 6.06. The van der Waals surface area contributed by atoms with Gasteiger partial charge >= 0.3 is 0 Å². The Morgan fingerprint density at radius 1 is 1.10 bits per heavy atom. The number of rotatable bonds is 4. The van der Waals surface area contributed by atoms with Gasteiger partial charge in [-0.3, -0.25) is 4.90 Å². The summed E-state index contributed by atoms with van der Waals surface area (Å²) in [6, 6.07) is 0.721. The molecule has 0 spiro atoms. The molecule has 0 radical (unpaired) electrons. The van der Waals surface area contributed by atoms with Crippen molar-refractivity contribution in [3.8, 4) is 0 Å². The predicted octanol–water partition coefficient (Wildman–Crippen LogP) is 3.04.